The van der Waals surface area contributed by atoms with Crippen LogP contribution >= 0.6 is 15.9 Å². The van der Waals surface area contributed by atoms with Crippen LogP contribution in [-0.4, -0.2) is 93.7 Å². The van der Waals surface area contributed by atoms with Crippen molar-refractivity contribution in [2.75, 3.05) is 64.0 Å². The summed E-state index contributed by atoms with van der Waals surface area (Å²) in [7, 11) is 12.8. The van der Waals surface area contributed by atoms with Gasteiger partial charge < -0.3 is 52.7 Å². The van der Waals surface area contributed by atoms with Gasteiger partial charge in [-0.25, -0.2) is 0 Å². The topological polar surface area (TPSA) is 158 Å². The van der Waals surface area contributed by atoms with E-state index in [0.717, 1.165) is 38.6 Å². The molecule has 0 saturated heterocycles. The summed E-state index contributed by atoms with van der Waals surface area (Å²) >= 11 is 3.34. The third-order valence-electron chi connectivity index (χ3n) is 9.19. The molecule has 0 aliphatic rings. The molecular formula is C49H52BBrO13. The maximum atomic E-state index is 10.7. The lowest BCUT2D eigenvalue weighted by atomic mass is 9.80. The van der Waals surface area contributed by atoms with E-state index in [2.05, 4.69) is 22.5 Å². The lowest BCUT2D eigenvalue weighted by Gasteiger charge is -2.14. The zero-order valence-corrected chi connectivity index (χ0v) is 38.8. The van der Waals surface area contributed by atoms with Crippen molar-refractivity contribution in [3.8, 4) is 74.0 Å². The molecule has 0 heterocycles. The van der Waals surface area contributed by atoms with E-state index in [0.29, 0.717) is 74.6 Å². The average molecular weight is 940 g/mol. The normalized spacial score (nSPS) is 9.75. The molecule has 6 aromatic carbocycles. The molecule has 0 amide bonds. The van der Waals surface area contributed by atoms with Gasteiger partial charge in [-0.3, -0.25) is 9.59 Å². The van der Waals surface area contributed by atoms with Crippen LogP contribution in [-0.2, 0) is 0 Å². The first-order valence-electron chi connectivity index (χ1n) is 19.2. The molecule has 0 spiro atoms. The van der Waals surface area contributed by atoms with Crippen molar-refractivity contribution in [2.45, 2.75) is 0 Å². The summed E-state index contributed by atoms with van der Waals surface area (Å²) in [6.45, 7) is 3.75. The summed E-state index contributed by atoms with van der Waals surface area (Å²) in [6, 6.07) is 32.7. The molecule has 6 rings (SSSR count). The van der Waals surface area contributed by atoms with Gasteiger partial charge in [0.1, 0.15) is 12.6 Å². The highest BCUT2D eigenvalue weighted by molar-refractivity contribution is 9.10. The van der Waals surface area contributed by atoms with Gasteiger partial charge in [-0.2, -0.15) is 0 Å². The lowest BCUT2D eigenvalue weighted by Crippen LogP contribution is -2.29. The Morgan fingerprint density at radius 3 is 0.953 bits per heavy atom. The van der Waals surface area contributed by atoms with Gasteiger partial charge in [-0.15, -0.1) is 0 Å². The molecule has 13 nitrogen and oxygen atoms in total. The van der Waals surface area contributed by atoms with Crippen LogP contribution in [0.25, 0.3) is 28.3 Å². The Hall–Kier alpha value is -6.94. The van der Waals surface area contributed by atoms with Crippen LogP contribution in [0.2, 0.25) is 0 Å². The van der Waals surface area contributed by atoms with Crippen molar-refractivity contribution in [3.05, 3.63) is 137 Å². The van der Waals surface area contributed by atoms with Gasteiger partial charge in [0.25, 0.3) is 0 Å². The van der Waals surface area contributed by atoms with Crippen molar-refractivity contribution < 1.29 is 62.3 Å². The fourth-order valence-electron chi connectivity index (χ4n) is 5.86. The third-order valence-corrected chi connectivity index (χ3v) is 9.65. The van der Waals surface area contributed by atoms with Crippen LogP contribution in [0.15, 0.2) is 120 Å². The summed E-state index contributed by atoms with van der Waals surface area (Å²) in [5.41, 5.74) is 6.61. The molecule has 0 unspecified atom stereocenters. The highest BCUT2D eigenvalue weighted by Crippen LogP contribution is 2.43. The van der Waals surface area contributed by atoms with Crippen LogP contribution in [0, 0.1) is 0 Å². The minimum atomic E-state index is -1.46. The summed E-state index contributed by atoms with van der Waals surface area (Å²) < 4.78 is 48.3. The number of methoxy groups -OCH3 is 9. The van der Waals surface area contributed by atoms with Gasteiger partial charge in [0.05, 0.1) is 64.0 Å². The van der Waals surface area contributed by atoms with Crippen molar-refractivity contribution in [1.29, 1.82) is 0 Å². The molecule has 0 atom stereocenters. The Labute approximate surface area is 382 Å². The Morgan fingerprint density at radius 1 is 0.422 bits per heavy atom. The fraction of sp³-hybridized carbons (Fsp3) is 0.184. The van der Waals surface area contributed by atoms with E-state index < -0.39 is 7.12 Å². The van der Waals surface area contributed by atoms with Gasteiger partial charge in [0.2, 0.25) is 17.2 Å². The average Bonchev–Trinajstić information content (AvgIpc) is 3.35. The second-order valence-corrected chi connectivity index (χ2v) is 13.8. The fourth-order valence-corrected chi connectivity index (χ4v) is 6.27. The number of ether oxygens (including phenoxy) is 9. The van der Waals surface area contributed by atoms with Crippen LogP contribution in [0.3, 0.4) is 0 Å². The molecule has 0 saturated carbocycles. The highest BCUT2D eigenvalue weighted by atomic mass is 79.9. The molecule has 2 N–H and O–H groups in total. The number of hydrogen-bond donors (Lipinski definition) is 2. The lowest BCUT2D eigenvalue weighted by molar-refractivity contribution is 0.111. The SMILES string of the molecule is C=Cc1ccc(-c2cc(OC)c(OC)c(OC)c2)cc1.COc1cc(-c2ccc(C=O)cc2)cc(OC)c1OC.COc1cc(Br)cc(OC)c1OC.O=Cc1ccc(B(O)O)cc1. The molecule has 6 aromatic rings. The van der Waals surface area contributed by atoms with Crippen molar-refractivity contribution in [3.63, 3.8) is 0 Å². The number of aldehydes is 2. The third kappa shape index (κ3) is 14.0. The van der Waals surface area contributed by atoms with Crippen LogP contribution in [0.1, 0.15) is 26.3 Å². The highest BCUT2D eigenvalue weighted by Gasteiger charge is 2.16. The van der Waals surface area contributed by atoms with Gasteiger partial charge in [-0.05, 0) is 69.7 Å². The first-order chi connectivity index (χ1) is 30.9. The minimum absolute atomic E-state index is 0.385. The van der Waals surface area contributed by atoms with Gasteiger partial charge >= 0.3 is 7.12 Å². The molecule has 0 radical (unpaired) electrons. The second kappa shape index (κ2) is 26.5. The number of hydrogen-bond acceptors (Lipinski definition) is 13. The van der Waals surface area contributed by atoms with E-state index in [1.54, 1.807) is 76.1 Å². The van der Waals surface area contributed by atoms with Crippen LogP contribution in [0.4, 0.5) is 0 Å². The smallest absolute Gasteiger partial charge is 0.488 e. The van der Waals surface area contributed by atoms with Gasteiger partial charge in [0, 0.05) is 15.6 Å². The zero-order valence-electron chi connectivity index (χ0n) is 37.2. The van der Waals surface area contributed by atoms with E-state index >= 15 is 0 Å². The van der Waals surface area contributed by atoms with E-state index in [-0.39, 0.29) is 0 Å². The van der Waals surface area contributed by atoms with E-state index in [1.807, 2.05) is 78.9 Å². The van der Waals surface area contributed by atoms with Crippen molar-refractivity contribution >= 4 is 47.2 Å². The standard InChI is InChI=1S/C17H18O3.C16H16O4.C9H11BrO3.C7H7BO3/c1-5-12-6-8-13(9-7-12)14-10-15(18-2)17(20-4)16(11-14)19-3;1-18-14-8-13(9-15(19-2)16(14)20-3)12-6-4-11(10-17)5-7-12;1-11-7-4-6(10)5-8(12-2)9(7)13-3;9-5-6-1-3-7(4-2-6)8(10)11/h5-11H,1H2,2-4H3;4-10H,1-3H3;4-5H,1-3H3;1-5,10-11H. The number of rotatable bonds is 15. The molecule has 0 aromatic heterocycles. The summed E-state index contributed by atoms with van der Waals surface area (Å²) in [6.07, 6.45) is 3.34. The Bertz CT molecular complexity index is 2220. The van der Waals surface area contributed by atoms with Crippen LogP contribution in [0.5, 0.6) is 51.7 Å². The van der Waals surface area contributed by atoms with Crippen LogP contribution < -0.4 is 48.1 Å². The minimum Gasteiger partial charge on any atom is -0.493 e. The van der Waals surface area contributed by atoms with Gasteiger partial charge in [-0.1, -0.05) is 101 Å². The van der Waals surface area contributed by atoms with E-state index in [9.17, 15) is 9.59 Å². The largest absolute Gasteiger partial charge is 0.493 e. The molecule has 15 heteroatoms. The Kier molecular flexibility index (Phi) is 21.3. The summed E-state index contributed by atoms with van der Waals surface area (Å²) in [4.78, 5) is 20.8. The number of benzene rings is 6. The monoisotopic (exact) mass is 938 g/mol. The van der Waals surface area contributed by atoms with E-state index in [4.69, 9.17) is 52.7 Å². The molecular weight excluding hydrogens is 887 g/mol. The van der Waals surface area contributed by atoms with Gasteiger partial charge in [0.15, 0.2) is 34.5 Å². The maximum absolute atomic E-state index is 10.7. The van der Waals surface area contributed by atoms with Crippen molar-refractivity contribution in [1.82, 2.24) is 0 Å². The number of carbonyl (C=O) groups is 2. The Balaban J connectivity index is 0.000000234. The molecule has 0 bridgehead atoms. The first kappa shape index (κ1) is 51.4. The molecule has 0 fully saturated rings. The Morgan fingerprint density at radius 2 is 0.703 bits per heavy atom. The molecule has 0 aliphatic heterocycles. The maximum Gasteiger partial charge on any atom is 0.488 e. The number of halogens is 1. The molecule has 0 aliphatic carbocycles. The molecule has 336 valence electrons. The zero-order chi connectivity index (χ0) is 47.2. The summed E-state index contributed by atoms with van der Waals surface area (Å²) in [5.74, 6) is 5.55. The second-order valence-electron chi connectivity index (χ2n) is 12.9. The first-order valence-corrected chi connectivity index (χ1v) is 20.0. The number of carbonyl (C=O) groups excluding carboxylic acids is 2. The predicted molar refractivity (Wildman–Crippen MR) is 254 cm³/mol. The molecule has 64 heavy (non-hydrogen) atoms. The summed E-state index contributed by atoms with van der Waals surface area (Å²) in [5, 5.41) is 17.3. The quantitative estimate of drug-likeness (QED) is 0.0744. The van der Waals surface area contributed by atoms with Crippen molar-refractivity contribution in [2.24, 2.45) is 0 Å². The van der Waals surface area contributed by atoms with E-state index in [1.165, 1.54) is 24.3 Å². The predicted octanol–water partition coefficient (Wildman–Crippen LogP) is 8.87.